The molecule has 1 atom stereocenters. The number of nitrogens with zero attached hydrogens (tertiary/aromatic N) is 4. The molecule has 5 nitrogen and oxygen atoms in total. The van der Waals surface area contributed by atoms with Gasteiger partial charge < -0.3 is 10.2 Å². The van der Waals surface area contributed by atoms with Crippen LogP contribution < -0.4 is 10.2 Å². The van der Waals surface area contributed by atoms with Gasteiger partial charge in [0, 0.05) is 19.8 Å². The molecule has 1 N–H and O–H groups in total. The molecule has 20 heavy (non-hydrogen) atoms. The normalized spacial score (nSPS) is 18.3. The van der Waals surface area contributed by atoms with Gasteiger partial charge in [-0.25, -0.2) is 9.97 Å². The molecule has 0 aliphatic carbocycles. The lowest BCUT2D eigenvalue weighted by Crippen LogP contribution is -2.24. The Bertz CT molecular complexity index is 581. The lowest BCUT2D eigenvalue weighted by Gasteiger charge is -2.25. The molecule has 0 amide bonds. The Morgan fingerprint density at radius 3 is 2.90 bits per heavy atom. The first-order chi connectivity index (χ1) is 9.78. The first-order valence-corrected chi connectivity index (χ1v) is 6.97. The van der Waals surface area contributed by atoms with Crippen molar-refractivity contribution in [2.75, 3.05) is 23.8 Å². The summed E-state index contributed by atoms with van der Waals surface area (Å²) in [5.74, 6) is 1.83. The molecule has 1 unspecified atom stereocenters. The largest absolute Gasteiger partial charge is 0.372 e. The smallest absolute Gasteiger partial charge is 0.144 e. The molecule has 0 aromatic carbocycles. The van der Waals surface area contributed by atoms with Gasteiger partial charge in [0.1, 0.15) is 11.6 Å². The number of aryl methyl sites for hydroxylation is 1. The van der Waals surface area contributed by atoms with E-state index in [-0.39, 0.29) is 6.04 Å². The van der Waals surface area contributed by atoms with Crippen LogP contribution in [-0.2, 0) is 0 Å². The van der Waals surface area contributed by atoms with E-state index in [1.807, 2.05) is 19.4 Å². The second-order valence-electron chi connectivity index (χ2n) is 5.12. The molecule has 104 valence electrons. The molecule has 2 aromatic heterocycles. The summed E-state index contributed by atoms with van der Waals surface area (Å²) in [7, 11) is 1.86. The maximum Gasteiger partial charge on any atom is 0.144 e. The number of nitrogens with one attached hydrogen (secondary N) is 1. The van der Waals surface area contributed by atoms with E-state index in [0.29, 0.717) is 0 Å². The number of anilines is 2. The van der Waals surface area contributed by atoms with Crippen LogP contribution in [0.25, 0.3) is 0 Å². The van der Waals surface area contributed by atoms with Gasteiger partial charge in [0.05, 0.1) is 24.1 Å². The van der Waals surface area contributed by atoms with Crippen LogP contribution in [0.4, 0.5) is 11.6 Å². The Labute approximate surface area is 119 Å². The molecule has 1 aliphatic rings. The van der Waals surface area contributed by atoms with Crippen molar-refractivity contribution in [1.82, 2.24) is 15.0 Å². The van der Waals surface area contributed by atoms with Crippen molar-refractivity contribution >= 4 is 11.6 Å². The highest BCUT2D eigenvalue weighted by molar-refractivity contribution is 5.44. The molecule has 1 aliphatic heterocycles. The number of hydrogen-bond donors (Lipinski definition) is 1. The van der Waals surface area contributed by atoms with E-state index in [1.165, 1.54) is 5.56 Å². The van der Waals surface area contributed by atoms with E-state index in [4.69, 9.17) is 0 Å². The van der Waals surface area contributed by atoms with Gasteiger partial charge >= 0.3 is 0 Å². The number of rotatable bonds is 3. The van der Waals surface area contributed by atoms with Gasteiger partial charge in [-0.15, -0.1) is 0 Å². The highest BCUT2D eigenvalue weighted by atomic mass is 15.2. The van der Waals surface area contributed by atoms with E-state index >= 15 is 0 Å². The first-order valence-electron chi connectivity index (χ1n) is 6.97. The van der Waals surface area contributed by atoms with E-state index in [1.54, 1.807) is 6.20 Å². The van der Waals surface area contributed by atoms with Crippen LogP contribution in [0.3, 0.4) is 0 Å². The second kappa shape index (κ2) is 5.45. The zero-order valence-corrected chi connectivity index (χ0v) is 11.9. The van der Waals surface area contributed by atoms with E-state index in [9.17, 15) is 0 Å². The van der Waals surface area contributed by atoms with E-state index in [2.05, 4.69) is 44.2 Å². The average Bonchev–Trinajstić information content (AvgIpc) is 2.97. The minimum atomic E-state index is 0.269. The highest BCUT2D eigenvalue weighted by Gasteiger charge is 2.28. The average molecular weight is 269 g/mol. The van der Waals surface area contributed by atoms with Crippen molar-refractivity contribution in [2.45, 2.75) is 25.8 Å². The fourth-order valence-corrected chi connectivity index (χ4v) is 2.64. The molecular weight excluding hydrogens is 250 g/mol. The number of pyridine rings is 1. The van der Waals surface area contributed by atoms with Crippen molar-refractivity contribution in [3.05, 3.63) is 42.0 Å². The van der Waals surface area contributed by atoms with Crippen molar-refractivity contribution in [1.29, 1.82) is 0 Å². The predicted octanol–water partition coefficient (Wildman–Crippen LogP) is 2.56. The van der Waals surface area contributed by atoms with Crippen LogP contribution in [0, 0.1) is 6.92 Å². The summed E-state index contributed by atoms with van der Waals surface area (Å²) in [5.41, 5.74) is 2.19. The van der Waals surface area contributed by atoms with Gasteiger partial charge in [-0.1, -0.05) is 6.07 Å². The maximum atomic E-state index is 4.62. The number of hydrogen-bond acceptors (Lipinski definition) is 5. The summed E-state index contributed by atoms with van der Waals surface area (Å²) < 4.78 is 0. The lowest BCUT2D eigenvalue weighted by atomic mass is 10.1. The molecule has 2 aromatic rings. The summed E-state index contributed by atoms with van der Waals surface area (Å²) in [4.78, 5) is 15.8. The monoisotopic (exact) mass is 269 g/mol. The molecule has 5 heteroatoms. The zero-order chi connectivity index (χ0) is 13.9. The SMILES string of the molecule is CNc1cncc(C2CCCN2c2ccc(C)cn2)n1. The Hall–Kier alpha value is -2.17. The molecule has 3 heterocycles. The van der Waals surface area contributed by atoms with Crippen LogP contribution >= 0.6 is 0 Å². The van der Waals surface area contributed by atoms with Crippen LogP contribution in [0.15, 0.2) is 30.7 Å². The highest BCUT2D eigenvalue weighted by Crippen LogP contribution is 2.34. The van der Waals surface area contributed by atoms with E-state index in [0.717, 1.165) is 36.7 Å². The molecule has 0 spiro atoms. The summed E-state index contributed by atoms with van der Waals surface area (Å²) in [6.07, 6.45) is 7.77. The zero-order valence-electron chi connectivity index (χ0n) is 11.9. The topological polar surface area (TPSA) is 53.9 Å². The van der Waals surface area contributed by atoms with Gasteiger partial charge in [-0.3, -0.25) is 4.98 Å². The summed E-state index contributed by atoms with van der Waals surface area (Å²) >= 11 is 0. The maximum absolute atomic E-state index is 4.62. The van der Waals surface area contributed by atoms with Gasteiger partial charge in [0.2, 0.25) is 0 Å². The molecule has 1 saturated heterocycles. The van der Waals surface area contributed by atoms with Crippen molar-refractivity contribution in [3.8, 4) is 0 Å². The second-order valence-corrected chi connectivity index (χ2v) is 5.12. The van der Waals surface area contributed by atoms with Gasteiger partial charge in [-0.05, 0) is 31.4 Å². The molecule has 3 rings (SSSR count). The Balaban J connectivity index is 1.90. The Morgan fingerprint density at radius 2 is 2.15 bits per heavy atom. The summed E-state index contributed by atoms with van der Waals surface area (Å²) in [6, 6.07) is 4.46. The molecule has 0 saturated carbocycles. The summed E-state index contributed by atoms with van der Waals surface area (Å²) in [6.45, 7) is 3.08. The third-order valence-electron chi connectivity index (χ3n) is 3.69. The Morgan fingerprint density at radius 1 is 1.25 bits per heavy atom. The standard InChI is InChI=1S/C15H19N5/c1-11-5-6-15(18-8-11)20-7-3-4-13(20)12-9-17-10-14(16-2)19-12/h5-6,8-10,13H,3-4,7H2,1-2H3,(H,16,19). The van der Waals surface area contributed by atoms with Gasteiger partial charge in [0.15, 0.2) is 0 Å². The molecule has 0 radical (unpaired) electrons. The van der Waals surface area contributed by atoms with Crippen LogP contribution in [0.5, 0.6) is 0 Å². The fraction of sp³-hybridized carbons (Fsp3) is 0.400. The van der Waals surface area contributed by atoms with Crippen LogP contribution in [0.1, 0.15) is 30.1 Å². The first kappa shape index (κ1) is 12.8. The molecule has 1 fully saturated rings. The quantitative estimate of drug-likeness (QED) is 0.928. The van der Waals surface area contributed by atoms with Gasteiger partial charge in [0.25, 0.3) is 0 Å². The number of aromatic nitrogens is 3. The lowest BCUT2D eigenvalue weighted by molar-refractivity contribution is 0.684. The van der Waals surface area contributed by atoms with Crippen LogP contribution in [0.2, 0.25) is 0 Å². The molecular formula is C15H19N5. The Kier molecular flexibility index (Phi) is 3.50. The van der Waals surface area contributed by atoms with Gasteiger partial charge in [-0.2, -0.15) is 0 Å². The minimum Gasteiger partial charge on any atom is -0.372 e. The van der Waals surface area contributed by atoms with Crippen molar-refractivity contribution in [2.24, 2.45) is 0 Å². The van der Waals surface area contributed by atoms with Crippen LogP contribution in [-0.4, -0.2) is 28.5 Å². The fourth-order valence-electron chi connectivity index (χ4n) is 2.64. The molecule has 0 bridgehead atoms. The predicted molar refractivity (Wildman–Crippen MR) is 79.9 cm³/mol. The van der Waals surface area contributed by atoms with E-state index < -0.39 is 0 Å². The third kappa shape index (κ3) is 2.43. The summed E-state index contributed by atoms with van der Waals surface area (Å²) in [5, 5.41) is 3.05. The van der Waals surface area contributed by atoms with Crippen molar-refractivity contribution < 1.29 is 0 Å². The third-order valence-corrected chi connectivity index (χ3v) is 3.69. The van der Waals surface area contributed by atoms with Crippen molar-refractivity contribution in [3.63, 3.8) is 0 Å². The minimum absolute atomic E-state index is 0.269.